The highest BCUT2D eigenvalue weighted by Crippen LogP contribution is 2.37. The summed E-state index contributed by atoms with van der Waals surface area (Å²) < 4.78 is 38.8. The second-order valence-corrected chi connectivity index (χ2v) is 10.7. The second kappa shape index (κ2) is 8.03. The first-order chi connectivity index (χ1) is 13.8. The number of hydrogen-bond acceptors (Lipinski definition) is 7. The normalized spacial score (nSPS) is 21.6. The Bertz CT molecular complexity index is 897. The number of carbonyl (C=O) groups excluding carboxylic acids is 1. The van der Waals surface area contributed by atoms with Crippen molar-refractivity contribution in [3.8, 4) is 0 Å². The maximum absolute atomic E-state index is 12.0. The zero-order chi connectivity index (χ0) is 22.3. The van der Waals surface area contributed by atoms with Crippen LogP contribution in [-0.2, 0) is 24.1 Å². The van der Waals surface area contributed by atoms with Gasteiger partial charge in [0.25, 0.3) is 0 Å². The smallest absolute Gasteiger partial charge is 0.399 e. The molecular formula is C19H31BN4O5S. The topological polar surface area (TPSA) is 114 Å². The van der Waals surface area contributed by atoms with Crippen molar-refractivity contribution in [2.45, 2.75) is 38.9 Å². The van der Waals surface area contributed by atoms with Gasteiger partial charge in [0.05, 0.1) is 35.4 Å². The molecule has 2 heterocycles. The molecule has 0 aliphatic carbocycles. The van der Waals surface area contributed by atoms with Crippen molar-refractivity contribution < 1.29 is 22.5 Å². The molecule has 1 aromatic rings. The number of amides is 1. The second-order valence-electron chi connectivity index (χ2n) is 8.97. The first-order valence-corrected chi connectivity index (χ1v) is 11.9. The van der Waals surface area contributed by atoms with E-state index in [9.17, 15) is 13.2 Å². The number of nitrogens with zero attached hydrogens (tertiary/aromatic N) is 2. The Hall–Kier alpha value is -1.82. The van der Waals surface area contributed by atoms with Crippen LogP contribution in [0.4, 0.5) is 11.4 Å². The molecule has 2 fully saturated rings. The summed E-state index contributed by atoms with van der Waals surface area (Å²) in [5.74, 6) is -0.352. The minimum absolute atomic E-state index is 0.225. The van der Waals surface area contributed by atoms with E-state index in [1.54, 1.807) is 6.07 Å². The number of benzene rings is 1. The number of hydrogen-bond donors (Lipinski definition) is 2. The zero-order valence-electron chi connectivity index (χ0n) is 18.3. The van der Waals surface area contributed by atoms with Gasteiger partial charge in [0, 0.05) is 26.2 Å². The Morgan fingerprint density at radius 1 is 1.13 bits per heavy atom. The summed E-state index contributed by atoms with van der Waals surface area (Å²) in [5, 5.41) is 0. The van der Waals surface area contributed by atoms with E-state index in [2.05, 4.69) is 9.62 Å². The van der Waals surface area contributed by atoms with Crippen LogP contribution in [0, 0.1) is 0 Å². The maximum atomic E-state index is 12.0. The molecule has 3 N–H and O–H groups in total. The molecule has 0 unspecified atom stereocenters. The lowest BCUT2D eigenvalue weighted by molar-refractivity contribution is -0.119. The fourth-order valence-corrected chi connectivity index (χ4v) is 4.17. The molecule has 30 heavy (non-hydrogen) atoms. The monoisotopic (exact) mass is 438 g/mol. The van der Waals surface area contributed by atoms with E-state index in [1.165, 1.54) is 0 Å². The van der Waals surface area contributed by atoms with E-state index < -0.39 is 28.3 Å². The highest BCUT2D eigenvalue weighted by Gasteiger charge is 2.51. The van der Waals surface area contributed by atoms with E-state index in [1.807, 2.05) is 44.7 Å². The molecule has 1 amide bonds. The Balaban J connectivity index is 1.85. The van der Waals surface area contributed by atoms with Crippen LogP contribution in [0.1, 0.15) is 27.7 Å². The van der Waals surface area contributed by atoms with Crippen molar-refractivity contribution in [3.63, 3.8) is 0 Å². The summed E-state index contributed by atoms with van der Waals surface area (Å²) in [4.78, 5) is 15.2. The quantitative estimate of drug-likeness (QED) is 0.600. The summed E-state index contributed by atoms with van der Waals surface area (Å²) >= 11 is 0. The molecule has 0 spiro atoms. The Morgan fingerprint density at radius 3 is 2.20 bits per heavy atom. The third kappa shape index (κ3) is 5.08. The standard InChI is InChI=1S/C19H31BN4O5S/c1-18(2)19(3,4)29-20(28-18)14-6-7-16(15(12-14)22-30(5,26)27)24-10-8-23(9-11-24)13-17(21)25/h6-7,12,22H,8-11,13H2,1-5H3,(H2,21,25). The molecule has 1 aromatic carbocycles. The van der Waals surface area contributed by atoms with E-state index in [4.69, 9.17) is 15.0 Å². The van der Waals surface area contributed by atoms with Gasteiger partial charge >= 0.3 is 7.12 Å². The minimum Gasteiger partial charge on any atom is -0.399 e. The number of anilines is 2. The zero-order valence-corrected chi connectivity index (χ0v) is 19.1. The van der Waals surface area contributed by atoms with Crippen molar-refractivity contribution in [1.29, 1.82) is 0 Å². The number of nitrogens with two attached hydrogens (primary N) is 1. The third-order valence-corrected chi connectivity index (χ3v) is 6.52. The summed E-state index contributed by atoms with van der Waals surface area (Å²) in [6.07, 6.45) is 1.13. The van der Waals surface area contributed by atoms with E-state index in [0.29, 0.717) is 31.9 Å². The molecule has 9 nitrogen and oxygen atoms in total. The van der Waals surface area contributed by atoms with Crippen molar-refractivity contribution in [2.24, 2.45) is 5.73 Å². The van der Waals surface area contributed by atoms with E-state index in [-0.39, 0.29) is 12.5 Å². The molecule has 0 atom stereocenters. The number of sulfonamides is 1. The Labute approximate surface area is 179 Å². The van der Waals surface area contributed by atoms with Crippen LogP contribution in [0.3, 0.4) is 0 Å². The van der Waals surface area contributed by atoms with Gasteiger partial charge in [0.1, 0.15) is 0 Å². The van der Waals surface area contributed by atoms with E-state index in [0.717, 1.165) is 17.4 Å². The number of piperazine rings is 1. The molecule has 11 heteroatoms. The highest BCUT2D eigenvalue weighted by molar-refractivity contribution is 7.92. The molecule has 3 rings (SSSR count). The molecular weight excluding hydrogens is 407 g/mol. The number of primary amides is 1. The van der Waals surface area contributed by atoms with Crippen LogP contribution in [0.2, 0.25) is 0 Å². The van der Waals surface area contributed by atoms with Gasteiger partial charge in [-0.05, 0) is 45.3 Å². The molecule has 0 aromatic heterocycles. The summed E-state index contributed by atoms with van der Waals surface area (Å²) in [6.45, 7) is 10.8. The highest BCUT2D eigenvalue weighted by atomic mass is 32.2. The molecule has 2 saturated heterocycles. The average molecular weight is 438 g/mol. The van der Waals surface area contributed by atoms with Gasteiger partial charge < -0.3 is 19.9 Å². The molecule has 166 valence electrons. The molecule has 0 bridgehead atoms. The molecule has 2 aliphatic rings. The van der Waals surface area contributed by atoms with Crippen molar-refractivity contribution >= 4 is 39.9 Å². The van der Waals surface area contributed by atoms with Gasteiger partial charge in [-0.2, -0.15) is 0 Å². The maximum Gasteiger partial charge on any atom is 0.494 e. The van der Waals surface area contributed by atoms with E-state index >= 15 is 0 Å². The van der Waals surface area contributed by atoms with Gasteiger partial charge in [-0.25, -0.2) is 8.42 Å². The van der Waals surface area contributed by atoms with Crippen LogP contribution in [0.25, 0.3) is 0 Å². The van der Waals surface area contributed by atoms with Crippen LogP contribution in [0.5, 0.6) is 0 Å². The summed E-state index contributed by atoms with van der Waals surface area (Å²) in [5.41, 5.74) is 6.31. The lowest BCUT2D eigenvalue weighted by atomic mass is 9.78. The van der Waals surface area contributed by atoms with Crippen LogP contribution < -0.4 is 20.8 Å². The minimum atomic E-state index is -3.48. The van der Waals surface area contributed by atoms with Crippen LogP contribution in [0.15, 0.2) is 18.2 Å². The number of nitrogens with one attached hydrogen (secondary N) is 1. The number of carbonyl (C=O) groups is 1. The van der Waals surface area contributed by atoms with Crippen molar-refractivity contribution in [3.05, 3.63) is 18.2 Å². The lowest BCUT2D eigenvalue weighted by Crippen LogP contribution is -2.49. The van der Waals surface area contributed by atoms with Gasteiger partial charge in [-0.15, -0.1) is 0 Å². The van der Waals surface area contributed by atoms with Crippen LogP contribution >= 0.6 is 0 Å². The molecule has 0 saturated carbocycles. The first-order valence-electron chi connectivity index (χ1n) is 10.0. The largest absolute Gasteiger partial charge is 0.494 e. The predicted octanol–water partition coefficient (Wildman–Crippen LogP) is -0.0354. The summed E-state index contributed by atoms with van der Waals surface area (Å²) in [6, 6.07) is 5.56. The third-order valence-electron chi connectivity index (χ3n) is 5.93. The Morgan fingerprint density at radius 2 is 1.70 bits per heavy atom. The SMILES string of the molecule is CC1(C)OB(c2ccc(N3CCN(CC(N)=O)CC3)c(NS(C)(=O)=O)c2)OC1(C)C. The predicted molar refractivity (Wildman–Crippen MR) is 118 cm³/mol. The Kier molecular flexibility index (Phi) is 6.12. The fourth-order valence-electron chi connectivity index (χ4n) is 3.60. The van der Waals surface area contributed by atoms with Crippen molar-refractivity contribution in [1.82, 2.24) is 4.90 Å². The first kappa shape index (κ1) is 22.9. The average Bonchev–Trinajstić information content (AvgIpc) is 2.81. The molecule has 2 aliphatic heterocycles. The van der Waals surface area contributed by atoms with Crippen molar-refractivity contribution in [2.75, 3.05) is 48.6 Å². The van der Waals surface area contributed by atoms with Crippen LogP contribution in [-0.4, -0.2) is 76.5 Å². The fraction of sp³-hybridized carbons (Fsp3) is 0.632. The molecule has 0 radical (unpaired) electrons. The van der Waals surface area contributed by atoms with Gasteiger partial charge in [-0.3, -0.25) is 14.4 Å². The van der Waals surface area contributed by atoms with Gasteiger partial charge in [-0.1, -0.05) is 6.07 Å². The van der Waals surface area contributed by atoms with Gasteiger partial charge in [0.2, 0.25) is 15.9 Å². The lowest BCUT2D eigenvalue weighted by Gasteiger charge is -2.36. The summed E-state index contributed by atoms with van der Waals surface area (Å²) in [7, 11) is -4.07. The van der Waals surface area contributed by atoms with Gasteiger partial charge in [0.15, 0.2) is 0 Å². The number of rotatable bonds is 6.